The minimum absolute atomic E-state index is 0.0251. The molecule has 1 amide bonds. The minimum Gasteiger partial charge on any atom is -0.506 e. The average Bonchev–Trinajstić information content (AvgIpc) is 2.70. The van der Waals surface area contributed by atoms with Gasteiger partial charge in [-0.25, -0.2) is 4.98 Å². The van der Waals surface area contributed by atoms with Gasteiger partial charge in [0.1, 0.15) is 5.75 Å². The summed E-state index contributed by atoms with van der Waals surface area (Å²) >= 11 is 0. The number of amides is 1. The highest BCUT2D eigenvalue weighted by atomic mass is 16.5. The van der Waals surface area contributed by atoms with Crippen molar-refractivity contribution in [2.75, 3.05) is 21.2 Å². The molecule has 4 N–H and O–H groups in total. The highest BCUT2D eigenvalue weighted by molar-refractivity contribution is 6.32. The summed E-state index contributed by atoms with van der Waals surface area (Å²) in [7, 11) is 4.41. The van der Waals surface area contributed by atoms with Crippen LogP contribution in [0.5, 0.6) is 11.6 Å². The monoisotopic (exact) mass is 445 g/mol. The number of likely N-dealkylation sites (N-methyl/N-ethyl adjacent to an activating group) is 1. The number of hydrogen-bond donors (Lipinski definition) is 3. The number of carbonyl (C=O) groups excluding carboxylic acids is 5. The SMILES string of the molecule is COc1ncc(O)c2c1C[C@H]1C[C@H]3[C@H](N(C)C)C(=O)C(C(N)=O)C(=O)[C@@]3(O)C(=O)C1C2=O. The molecule has 0 spiro atoms. The number of nitrogens with two attached hydrogens (primary N) is 1. The van der Waals surface area contributed by atoms with E-state index in [2.05, 4.69) is 4.98 Å². The Hall–Kier alpha value is -3.18. The molecule has 0 saturated heterocycles. The van der Waals surface area contributed by atoms with E-state index in [-0.39, 0.29) is 24.3 Å². The third-order valence-electron chi connectivity index (χ3n) is 6.97. The molecule has 3 aliphatic carbocycles. The largest absolute Gasteiger partial charge is 0.506 e. The van der Waals surface area contributed by atoms with Crippen LogP contribution >= 0.6 is 0 Å². The number of fused-ring (bicyclic) bond motifs is 3. The molecule has 2 fully saturated rings. The quantitative estimate of drug-likeness (QED) is 0.453. The van der Waals surface area contributed by atoms with Gasteiger partial charge in [0, 0.05) is 11.5 Å². The minimum atomic E-state index is -2.73. The second-order valence-corrected chi connectivity index (χ2v) is 8.80. The van der Waals surface area contributed by atoms with E-state index in [9.17, 15) is 34.2 Å². The molecule has 0 aromatic carbocycles. The Morgan fingerprint density at radius 3 is 2.47 bits per heavy atom. The zero-order chi connectivity index (χ0) is 23.7. The van der Waals surface area contributed by atoms with Gasteiger partial charge in [-0.2, -0.15) is 0 Å². The van der Waals surface area contributed by atoms with Crippen LogP contribution in [0.1, 0.15) is 22.3 Å². The average molecular weight is 445 g/mol. The number of aromatic hydroxyl groups is 1. The maximum Gasteiger partial charge on any atom is 0.235 e. The summed E-state index contributed by atoms with van der Waals surface area (Å²) in [5.74, 6) is -10.8. The first-order chi connectivity index (χ1) is 15.0. The number of nitrogens with zero attached hydrogens (tertiary/aromatic N) is 2. The van der Waals surface area contributed by atoms with E-state index < -0.39 is 70.1 Å². The second-order valence-electron chi connectivity index (χ2n) is 8.80. The predicted octanol–water partition coefficient (Wildman–Crippen LogP) is -1.73. The third kappa shape index (κ3) is 2.67. The molecule has 6 atom stereocenters. The van der Waals surface area contributed by atoms with Gasteiger partial charge in [-0.05, 0) is 32.9 Å². The van der Waals surface area contributed by atoms with E-state index in [0.29, 0.717) is 5.56 Å². The molecule has 170 valence electrons. The van der Waals surface area contributed by atoms with Crippen molar-refractivity contribution in [1.29, 1.82) is 0 Å². The summed E-state index contributed by atoms with van der Waals surface area (Å²) in [4.78, 5) is 70.3. The van der Waals surface area contributed by atoms with Crippen LogP contribution < -0.4 is 10.5 Å². The summed E-state index contributed by atoms with van der Waals surface area (Å²) in [6, 6.07) is -1.14. The van der Waals surface area contributed by atoms with Crippen molar-refractivity contribution < 1.29 is 38.9 Å². The zero-order valence-electron chi connectivity index (χ0n) is 17.7. The van der Waals surface area contributed by atoms with Gasteiger partial charge < -0.3 is 20.7 Å². The third-order valence-corrected chi connectivity index (χ3v) is 6.97. The fourth-order valence-electron chi connectivity index (χ4n) is 5.65. The lowest BCUT2D eigenvalue weighted by atomic mass is 9.52. The number of ether oxygens (including phenoxy) is 1. The molecule has 1 heterocycles. The van der Waals surface area contributed by atoms with Crippen LogP contribution in [0, 0.1) is 23.7 Å². The van der Waals surface area contributed by atoms with Crippen LogP contribution in [0.2, 0.25) is 0 Å². The number of aliphatic hydroxyl groups is 1. The molecular formula is C21H23N3O8. The van der Waals surface area contributed by atoms with Gasteiger partial charge in [0.25, 0.3) is 0 Å². The maximum atomic E-state index is 13.6. The molecule has 4 rings (SSSR count). The lowest BCUT2D eigenvalue weighted by Gasteiger charge is -2.52. The van der Waals surface area contributed by atoms with Gasteiger partial charge in [0.2, 0.25) is 11.8 Å². The van der Waals surface area contributed by atoms with Crippen molar-refractivity contribution in [3.63, 3.8) is 0 Å². The van der Waals surface area contributed by atoms with Gasteiger partial charge in [-0.1, -0.05) is 0 Å². The smallest absolute Gasteiger partial charge is 0.235 e. The normalized spacial score (nSPS) is 34.1. The number of aromatic nitrogens is 1. The van der Waals surface area contributed by atoms with E-state index in [1.165, 1.54) is 26.1 Å². The summed E-state index contributed by atoms with van der Waals surface area (Å²) in [6.45, 7) is 0. The number of Topliss-reactive ketones (excluding diaryl/α,β-unsaturated/α-hetero) is 4. The van der Waals surface area contributed by atoms with Crippen LogP contribution in [0.4, 0.5) is 0 Å². The van der Waals surface area contributed by atoms with Crippen LogP contribution in [-0.4, -0.2) is 82.0 Å². The molecule has 1 aromatic rings. The molecule has 11 heteroatoms. The number of methoxy groups -OCH3 is 1. The molecule has 0 aliphatic heterocycles. The molecule has 11 nitrogen and oxygen atoms in total. The van der Waals surface area contributed by atoms with Crippen molar-refractivity contribution in [2.24, 2.45) is 29.4 Å². The molecule has 3 aliphatic rings. The zero-order valence-corrected chi connectivity index (χ0v) is 17.7. The lowest BCUT2D eigenvalue weighted by Crippen LogP contribution is -2.74. The number of hydrogen-bond acceptors (Lipinski definition) is 10. The van der Waals surface area contributed by atoms with Crippen LogP contribution in [0.15, 0.2) is 6.20 Å². The van der Waals surface area contributed by atoms with Crippen molar-refractivity contribution in [1.82, 2.24) is 9.88 Å². The molecule has 1 aromatic heterocycles. The van der Waals surface area contributed by atoms with E-state index in [1.54, 1.807) is 0 Å². The van der Waals surface area contributed by atoms with Crippen molar-refractivity contribution >= 4 is 29.0 Å². The first-order valence-corrected chi connectivity index (χ1v) is 10.1. The Bertz CT molecular complexity index is 1080. The Morgan fingerprint density at radius 2 is 1.91 bits per heavy atom. The predicted molar refractivity (Wildman–Crippen MR) is 106 cm³/mol. The molecule has 32 heavy (non-hydrogen) atoms. The second kappa shape index (κ2) is 7.17. The van der Waals surface area contributed by atoms with Gasteiger partial charge in [-0.3, -0.25) is 28.9 Å². The van der Waals surface area contributed by atoms with Crippen molar-refractivity contribution in [2.45, 2.75) is 24.5 Å². The Balaban J connectivity index is 1.88. The molecule has 0 radical (unpaired) electrons. The summed E-state index contributed by atoms with van der Waals surface area (Å²) < 4.78 is 5.21. The number of primary amides is 1. The van der Waals surface area contributed by atoms with Crippen molar-refractivity contribution in [3.05, 3.63) is 17.3 Å². The standard InChI is InChI=1S/C21H23N3O8/c1-24(2)14-9-5-7-4-8-12(10(25)6-23-20(8)32-3)15(26)11(7)17(28)21(9,31)18(29)13(16(14)27)19(22)30/h6-7,9,11,13-14,25,31H,4-5H2,1-3H3,(H2,22,30)/t7-,9-,11?,13?,14-,21-/m0/s1. The number of rotatable bonds is 3. The van der Waals surface area contributed by atoms with Crippen LogP contribution in [0.25, 0.3) is 0 Å². The summed E-state index contributed by atoms with van der Waals surface area (Å²) in [6.07, 6.45) is 1.11. The van der Waals surface area contributed by atoms with E-state index in [1.807, 2.05) is 0 Å². The van der Waals surface area contributed by atoms with Gasteiger partial charge in [0.15, 0.2) is 34.7 Å². The number of carbonyl (C=O) groups is 5. The molecule has 2 saturated carbocycles. The van der Waals surface area contributed by atoms with E-state index in [0.717, 1.165) is 6.20 Å². The van der Waals surface area contributed by atoms with Gasteiger partial charge in [0.05, 0.1) is 30.8 Å². The van der Waals surface area contributed by atoms with Gasteiger partial charge in [-0.15, -0.1) is 0 Å². The fourth-order valence-corrected chi connectivity index (χ4v) is 5.65. The topological polar surface area (TPSA) is 177 Å². The van der Waals surface area contributed by atoms with E-state index >= 15 is 0 Å². The Labute approximate surface area is 182 Å². The first-order valence-electron chi connectivity index (χ1n) is 10.1. The maximum absolute atomic E-state index is 13.6. The van der Waals surface area contributed by atoms with Gasteiger partial charge >= 0.3 is 0 Å². The Morgan fingerprint density at radius 1 is 1.25 bits per heavy atom. The van der Waals surface area contributed by atoms with Crippen molar-refractivity contribution in [3.8, 4) is 11.6 Å². The molecule has 2 unspecified atom stereocenters. The Kier molecular flexibility index (Phi) is 4.94. The van der Waals surface area contributed by atoms with Crippen LogP contribution in [0.3, 0.4) is 0 Å². The van der Waals surface area contributed by atoms with Crippen LogP contribution in [-0.2, 0) is 25.6 Å². The first kappa shape index (κ1) is 22.0. The fraction of sp³-hybridized carbons (Fsp3) is 0.524. The highest BCUT2D eigenvalue weighted by Gasteiger charge is 2.69. The molecular weight excluding hydrogens is 422 g/mol. The summed E-state index contributed by atoms with van der Waals surface area (Å²) in [5, 5.41) is 21.7. The highest BCUT2D eigenvalue weighted by Crippen LogP contribution is 2.51. The summed E-state index contributed by atoms with van der Waals surface area (Å²) in [5.41, 5.74) is 2.71. The lowest BCUT2D eigenvalue weighted by molar-refractivity contribution is -0.181. The van der Waals surface area contributed by atoms with E-state index in [4.69, 9.17) is 10.5 Å². The number of pyridine rings is 1. The molecule has 0 bridgehead atoms. The number of ketones is 4.